The van der Waals surface area contributed by atoms with E-state index in [9.17, 15) is 29.3 Å². The second-order valence-electron chi connectivity index (χ2n) is 13.8. The SMILES string of the molecule is CC/C=C\C/C=C\C/C=C\C/C=C\C[C@H](O)[C@@H](O)CCCC(=O)OC[C@H](COP(=O)(O)OCCN)OC(=O)CCCCCCC/C=C\CCCCCCCC. The van der Waals surface area contributed by atoms with E-state index in [4.69, 9.17) is 24.3 Å². The largest absolute Gasteiger partial charge is 0.472 e. The fourth-order valence-electron chi connectivity index (χ4n) is 5.36. The Morgan fingerprint density at radius 2 is 1.18 bits per heavy atom. The third kappa shape index (κ3) is 37.0. The molecule has 0 aliphatic rings. The summed E-state index contributed by atoms with van der Waals surface area (Å²) in [6, 6.07) is 0. The quantitative estimate of drug-likeness (QED) is 0.0203. The fourth-order valence-corrected chi connectivity index (χ4v) is 6.13. The maximum atomic E-state index is 12.6. The van der Waals surface area contributed by atoms with Crippen molar-refractivity contribution < 1.29 is 47.8 Å². The highest BCUT2D eigenvalue weighted by atomic mass is 31.2. The molecular formula is C43H76NO10P. The van der Waals surface area contributed by atoms with E-state index < -0.39 is 44.7 Å². The Morgan fingerprint density at radius 1 is 0.636 bits per heavy atom. The van der Waals surface area contributed by atoms with Gasteiger partial charge in [-0.2, -0.15) is 0 Å². The zero-order chi connectivity index (χ0) is 40.7. The molecule has 4 atom stereocenters. The van der Waals surface area contributed by atoms with Gasteiger partial charge in [0.25, 0.3) is 0 Å². The summed E-state index contributed by atoms with van der Waals surface area (Å²) in [5.74, 6) is -1.13. The van der Waals surface area contributed by atoms with Crippen molar-refractivity contribution in [3.05, 3.63) is 60.8 Å². The summed E-state index contributed by atoms with van der Waals surface area (Å²) >= 11 is 0. The molecule has 0 aromatic rings. The standard InChI is InChI=1S/C43H76NO10P/c1-3-5-7-9-11-13-15-17-18-19-21-23-25-27-29-33-43(48)54-39(38-53-55(49,50)52-36-35-44)37-51-42(47)34-30-32-41(46)40(45)31-28-26-24-22-20-16-14-12-10-8-6-4-2/h6,8,12,14,17-18,20,22,26,28,39-41,45-46H,3-5,7,9-11,13,15-16,19,21,23-25,27,29-38,44H2,1-2H3,(H,49,50)/b8-6-,14-12-,18-17-,22-20-,28-26-/t39-,40+,41+/m1/s1. The number of aliphatic hydroxyl groups excluding tert-OH is 2. The first-order chi connectivity index (χ1) is 26.6. The van der Waals surface area contributed by atoms with Crippen molar-refractivity contribution in [2.24, 2.45) is 5.73 Å². The van der Waals surface area contributed by atoms with Crippen molar-refractivity contribution in [3.63, 3.8) is 0 Å². The number of ether oxygens (including phenoxy) is 2. The van der Waals surface area contributed by atoms with Crippen LogP contribution in [0.1, 0.15) is 155 Å². The number of aliphatic hydroxyl groups is 2. The maximum Gasteiger partial charge on any atom is 0.472 e. The molecule has 1 unspecified atom stereocenters. The van der Waals surface area contributed by atoms with Gasteiger partial charge in [-0.3, -0.25) is 18.6 Å². The van der Waals surface area contributed by atoms with Crippen LogP contribution in [0.2, 0.25) is 0 Å². The van der Waals surface area contributed by atoms with Crippen molar-refractivity contribution in [2.75, 3.05) is 26.4 Å². The molecule has 0 aromatic carbocycles. The summed E-state index contributed by atoms with van der Waals surface area (Å²) in [6.07, 6.45) is 37.1. The van der Waals surface area contributed by atoms with Gasteiger partial charge in [0, 0.05) is 19.4 Å². The minimum absolute atomic E-state index is 0.00997. The molecule has 0 rings (SSSR count). The predicted molar refractivity (Wildman–Crippen MR) is 222 cm³/mol. The average Bonchev–Trinajstić information content (AvgIpc) is 3.16. The van der Waals surface area contributed by atoms with Crippen LogP contribution in [0.15, 0.2) is 60.8 Å². The van der Waals surface area contributed by atoms with Crippen LogP contribution in [-0.2, 0) is 32.7 Å². The van der Waals surface area contributed by atoms with Crippen molar-refractivity contribution in [2.45, 2.75) is 173 Å². The van der Waals surface area contributed by atoms with Crippen LogP contribution in [0.4, 0.5) is 0 Å². The number of nitrogens with two attached hydrogens (primary N) is 1. The van der Waals surface area contributed by atoms with Gasteiger partial charge in [-0.25, -0.2) is 4.57 Å². The van der Waals surface area contributed by atoms with Crippen LogP contribution in [-0.4, -0.2) is 71.7 Å². The van der Waals surface area contributed by atoms with E-state index in [1.54, 1.807) is 0 Å². The number of phosphoric ester groups is 1. The van der Waals surface area contributed by atoms with Crippen molar-refractivity contribution >= 4 is 19.8 Å². The highest BCUT2D eigenvalue weighted by Crippen LogP contribution is 2.43. The summed E-state index contributed by atoms with van der Waals surface area (Å²) in [4.78, 5) is 34.9. The van der Waals surface area contributed by atoms with Gasteiger partial charge < -0.3 is 30.3 Å². The predicted octanol–water partition coefficient (Wildman–Crippen LogP) is 9.66. The van der Waals surface area contributed by atoms with Gasteiger partial charge in [-0.05, 0) is 77.0 Å². The minimum atomic E-state index is -4.45. The van der Waals surface area contributed by atoms with E-state index in [1.165, 1.54) is 38.5 Å². The molecule has 55 heavy (non-hydrogen) atoms. The molecule has 0 bridgehead atoms. The molecule has 0 fully saturated rings. The molecule has 318 valence electrons. The van der Waals surface area contributed by atoms with Crippen LogP contribution >= 0.6 is 7.82 Å². The lowest BCUT2D eigenvalue weighted by Crippen LogP contribution is -2.30. The Kier molecular flexibility index (Phi) is 36.8. The van der Waals surface area contributed by atoms with E-state index >= 15 is 0 Å². The van der Waals surface area contributed by atoms with E-state index in [1.807, 2.05) is 18.2 Å². The van der Waals surface area contributed by atoms with Crippen molar-refractivity contribution in [3.8, 4) is 0 Å². The number of carbonyl (C=O) groups excluding carboxylic acids is 2. The average molecular weight is 798 g/mol. The van der Waals surface area contributed by atoms with Gasteiger partial charge in [0.2, 0.25) is 0 Å². The molecule has 0 saturated carbocycles. The van der Waals surface area contributed by atoms with Crippen LogP contribution in [0, 0.1) is 0 Å². The summed E-state index contributed by atoms with van der Waals surface area (Å²) in [6.45, 7) is 3.25. The number of hydrogen-bond acceptors (Lipinski definition) is 10. The topological polar surface area (TPSA) is 175 Å². The van der Waals surface area contributed by atoms with Gasteiger partial charge >= 0.3 is 19.8 Å². The van der Waals surface area contributed by atoms with Crippen molar-refractivity contribution in [1.29, 1.82) is 0 Å². The van der Waals surface area contributed by atoms with E-state index in [-0.39, 0.29) is 51.9 Å². The number of allylic oxidation sites excluding steroid dienone is 9. The number of carbonyl (C=O) groups is 2. The van der Waals surface area contributed by atoms with Crippen LogP contribution < -0.4 is 5.73 Å². The normalized spacial score (nSPS) is 15.1. The molecule has 5 N–H and O–H groups in total. The van der Waals surface area contributed by atoms with Gasteiger partial charge in [0.1, 0.15) is 6.61 Å². The second kappa shape index (κ2) is 38.5. The lowest BCUT2D eigenvalue weighted by molar-refractivity contribution is -0.161. The Hall–Kier alpha value is -2.37. The number of rotatable bonds is 38. The number of hydrogen-bond donors (Lipinski definition) is 4. The molecule has 0 aliphatic carbocycles. The molecular weight excluding hydrogens is 721 g/mol. The van der Waals surface area contributed by atoms with Crippen molar-refractivity contribution in [1.82, 2.24) is 0 Å². The molecule has 12 heteroatoms. The highest BCUT2D eigenvalue weighted by molar-refractivity contribution is 7.47. The van der Waals surface area contributed by atoms with Crippen LogP contribution in [0.25, 0.3) is 0 Å². The first kappa shape index (κ1) is 52.6. The maximum absolute atomic E-state index is 12.6. The third-order valence-electron chi connectivity index (χ3n) is 8.59. The molecule has 0 saturated heterocycles. The Bertz CT molecular complexity index is 1120. The minimum Gasteiger partial charge on any atom is -0.462 e. The third-order valence-corrected chi connectivity index (χ3v) is 9.57. The summed E-state index contributed by atoms with van der Waals surface area (Å²) in [7, 11) is -4.45. The molecule has 0 radical (unpaired) electrons. The lowest BCUT2D eigenvalue weighted by atomic mass is 10.0. The molecule has 0 aromatic heterocycles. The van der Waals surface area contributed by atoms with Crippen LogP contribution in [0.3, 0.4) is 0 Å². The first-order valence-corrected chi connectivity index (χ1v) is 22.4. The highest BCUT2D eigenvalue weighted by Gasteiger charge is 2.26. The van der Waals surface area contributed by atoms with Gasteiger partial charge in [-0.1, -0.05) is 126 Å². The van der Waals surface area contributed by atoms with Gasteiger partial charge in [0.15, 0.2) is 6.10 Å². The smallest absolute Gasteiger partial charge is 0.462 e. The molecule has 11 nitrogen and oxygen atoms in total. The fraction of sp³-hybridized carbons (Fsp3) is 0.721. The van der Waals surface area contributed by atoms with Gasteiger partial charge in [-0.15, -0.1) is 0 Å². The first-order valence-electron chi connectivity index (χ1n) is 20.9. The Labute approximate surface area is 333 Å². The summed E-state index contributed by atoms with van der Waals surface area (Å²) in [5, 5.41) is 20.6. The zero-order valence-corrected chi connectivity index (χ0v) is 35.0. The summed E-state index contributed by atoms with van der Waals surface area (Å²) in [5.41, 5.74) is 5.33. The molecule has 0 spiro atoms. The molecule has 0 amide bonds. The monoisotopic (exact) mass is 798 g/mol. The number of unbranched alkanes of at least 4 members (excludes halogenated alkanes) is 11. The second-order valence-corrected chi connectivity index (χ2v) is 15.2. The molecule has 0 aliphatic heterocycles. The van der Waals surface area contributed by atoms with E-state index in [0.29, 0.717) is 6.42 Å². The van der Waals surface area contributed by atoms with Crippen LogP contribution in [0.5, 0.6) is 0 Å². The summed E-state index contributed by atoms with van der Waals surface area (Å²) < 4.78 is 32.5. The Balaban J connectivity index is 4.45. The zero-order valence-electron chi connectivity index (χ0n) is 34.1. The molecule has 0 heterocycles. The van der Waals surface area contributed by atoms with E-state index in [2.05, 4.69) is 56.4 Å². The van der Waals surface area contributed by atoms with Gasteiger partial charge in [0.05, 0.1) is 25.4 Å². The number of phosphoric acid groups is 1. The lowest BCUT2D eigenvalue weighted by Gasteiger charge is -2.20. The number of esters is 2. The van der Waals surface area contributed by atoms with E-state index in [0.717, 1.165) is 64.2 Å². The Morgan fingerprint density at radius 3 is 1.78 bits per heavy atom.